The van der Waals surface area contributed by atoms with Crippen LogP contribution in [0.5, 0.6) is 0 Å². The van der Waals surface area contributed by atoms with Gasteiger partial charge in [0, 0.05) is 17.1 Å². The van der Waals surface area contributed by atoms with E-state index in [1.54, 1.807) is 11.4 Å². The first kappa shape index (κ1) is 20.0. The topological polar surface area (TPSA) is 79.3 Å². The summed E-state index contributed by atoms with van der Waals surface area (Å²) in [4.78, 5) is 26.7. The number of halogens is 4. The minimum absolute atomic E-state index is 0.0609. The smallest absolute Gasteiger partial charge is 0.471 e. The Hall–Kier alpha value is -3.75. The number of hydrogen-bond acceptors (Lipinski definition) is 3. The molecule has 0 radical (unpaired) electrons. The van der Waals surface area contributed by atoms with Crippen molar-refractivity contribution in [1.29, 1.82) is 0 Å². The van der Waals surface area contributed by atoms with Gasteiger partial charge in [-0.05, 0) is 42.0 Å². The molecular formula is C20H12F4N2O3. The molecule has 29 heavy (non-hydrogen) atoms. The molecule has 0 unspecified atom stereocenters. The predicted molar refractivity (Wildman–Crippen MR) is 98.7 cm³/mol. The van der Waals surface area contributed by atoms with Gasteiger partial charge in [0.25, 0.3) is 0 Å². The highest BCUT2D eigenvalue weighted by atomic mass is 19.4. The van der Waals surface area contributed by atoms with E-state index in [9.17, 15) is 32.3 Å². The third kappa shape index (κ3) is 4.75. The number of nitrogens with one attached hydrogen (secondary N) is 1. The van der Waals surface area contributed by atoms with Crippen molar-refractivity contribution in [2.75, 3.05) is 5.32 Å². The number of benzene rings is 2. The van der Waals surface area contributed by atoms with Crippen LogP contribution in [0.15, 0.2) is 48.5 Å². The van der Waals surface area contributed by atoms with Crippen molar-refractivity contribution in [3.8, 4) is 0 Å². The van der Waals surface area contributed by atoms with E-state index in [1.807, 2.05) is 0 Å². The van der Waals surface area contributed by atoms with E-state index >= 15 is 0 Å². The van der Waals surface area contributed by atoms with Crippen LogP contribution < -0.4 is 5.32 Å². The molecular weight excluding hydrogens is 392 g/mol. The average molecular weight is 404 g/mol. The van der Waals surface area contributed by atoms with Crippen molar-refractivity contribution in [2.45, 2.75) is 6.18 Å². The summed E-state index contributed by atoms with van der Waals surface area (Å²) in [6, 6.07) is 10.5. The van der Waals surface area contributed by atoms with Crippen LogP contribution in [0.3, 0.4) is 0 Å². The zero-order chi connectivity index (χ0) is 21.2. The van der Waals surface area contributed by atoms with Crippen LogP contribution in [0.4, 0.5) is 23.2 Å². The summed E-state index contributed by atoms with van der Waals surface area (Å²) in [6.07, 6.45) is -2.10. The van der Waals surface area contributed by atoms with E-state index < -0.39 is 23.9 Å². The van der Waals surface area contributed by atoms with Crippen molar-refractivity contribution in [3.63, 3.8) is 0 Å². The zero-order valence-electron chi connectivity index (χ0n) is 14.5. The summed E-state index contributed by atoms with van der Waals surface area (Å²) in [7, 11) is 0. The van der Waals surface area contributed by atoms with Gasteiger partial charge in [-0.1, -0.05) is 18.2 Å². The van der Waals surface area contributed by atoms with Gasteiger partial charge in [0.1, 0.15) is 5.82 Å². The maximum absolute atomic E-state index is 13.5. The summed E-state index contributed by atoms with van der Waals surface area (Å²) < 4.78 is 50.5. The predicted octanol–water partition coefficient (Wildman–Crippen LogP) is 4.74. The van der Waals surface area contributed by atoms with Gasteiger partial charge in [-0.3, -0.25) is 4.79 Å². The van der Waals surface area contributed by atoms with Gasteiger partial charge in [0.05, 0.1) is 16.8 Å². The molecule has 1 heterocycles. The number of amides is 1. The lowest BCUT2D eigenvalue weighted by molar-refractivity contribution is -0.167. The lowest BCUT2D eigenvalue weighted by Crippen LogP contribution is -2.29. The Morgan fingerprint density at radius 1 is 1.03 bits per heavy atom. The number of alkyl halides is 3. The molecule has 0 fully saturated rings. The molecule has 3 aromatic rings. The number of carbonyl (C=O) groups is 2. The number of carboxylic acid groups (broad SMARTS) is 1. The van der Waals surface area contributed by atoms with Gasteiger partial charge in [0.15, 0.2) is 0 Å². The molecule has 9 heteroatoms. The molecule has 0 aliphatic carbocycles. The molecule has 148 valence electrons. The number of aromatic carboxylic acids is 1. The number of rotatable bonds is 4. The largest absolute Gasteiger partial charge is 0.478 e. The average Bonchev–Trinajstić information content (AvgIpc) is 2.64. The number of hydrogen-bond donors (Lipinski definition) is 2. The summed E-state index contributed by atoms with van der Waals surface area (Å²) in [6.45, 7) is 0. The minimum atomic E-state index is -5.01. The van der Waals surface area contributed by atoms with Crippen molar-refractivity contribution < 1.29 is 32.3 Å². The summed E-state index contributed by atoms with van der Waals surface area (Å²) in [5.41, 5.74) is 0.666. The molecule has 0 aliphatic rings. The maximum Gasteiger partial charge on any atom is 0.471 e. The van der Waals surface area contributed by atoms with E-state index in [4.69, 9.17) is 0 Å². The standard InChI is InChI=1S/C20H12F4N2O3/c21-12-5-7-15-16(18(27)28)10-14(25-17(15)9-12)6-4-11-2-1-3-13(8-11)26-19(29)20(22,23)24/h1-10H,(H,26,29)(H,27,28)/b6-4+. The first-order valence-corrected chi connectivity index (χ1v) is 8.13. The number of anilines is 1. The number of carboxylic acids is 1. The van der Waals surface area contributed by atoms with Crippen molar-refractivity contribution >= 4 is 40.6 Å². The van der Waals surface area contributed by atoms with Crippen LogP contribution >= 0.6 is 0 Å². The monoisotopic (exact) mass is 404 g/mol. The second-order valence-electron chi connectivity index (χ2n) is 5.97. The third-order valence-corrected chi connectivity index (χ3v) is 3.87. The van der Waals surface area contributed by atoms with Crippen LogP contribution in [0.2, 0.25) is 0 Å². The Bertz CT molecular complexity index is 1140. The van der Waals surface area contributed by atoms with Crippen molar-refractivity contribution in [2.24, 2.45) is 0 Å². The number of pyridine rings is 1. The molecule has 5 nitrogen and oxygen atoms in total. The van der Waals surface area contributed by atoms with Gasteiger partial charge >= 0.3 is 18.1 Å². The van der Waals surface area contributed by atoms with Gasteiger partial charge in [0.2, 0.25) is 0 Å². The number of aromatic nitrogens is 1. The summed E-state index contributed by atoms with van der Waals surface area (Å²) >= 11 is 0. The molecule has 1 amide bonds. The Balaban J connectivity index is 1.92. The fourth-order valence-electron chi connectivity index (χ4n) is 2.59. The van der Waals surface area contributed by atoms with Gasteiger partial charge in [-0.2, -0.15) is 13.2 Å². The highest BCUT2D eigenvalue weighted by Crippen LogP contribution is 2.22. The Morgan fingerprint density at radius 2 is 1.79 bits per heavy atom. The van der Waals surface area contributed by atoms with E-state index in [0.717, 1.165) is 12.1 Å². The molecule has 2 aromatic carbocycles. The Morgan fingerprint density at radius 3 is 2.48 bits per heavy atom. The van der Waals surface area contributed by atoms with E-state index in [1.165, 1.54) is 42.5 Å². The molecule has 0 atom stereocenters. The first-order chi connectivity index (χ1) is 13.6. The van der Waals surface area contributed by atoms with E-state index in [2.05, 4.69) is 4.98 Å². The minimum Gasteiger partial charge on any atom is -0.478 e. The van der Waals surface area contributed by atoms with E-state index in [-0.39, 0.29) is 27.8 Å². The second-order valence-corrected chi connectivity index (χ2v) is 5.97. The third-order valence-electron chi connectivity index (χ3n) is 3.87. The van der Waals surface area contributed by atoms with Crippen molar-refractivity contribution in [1.82, 2.24) is 4.98 Å². The number of carbonyl (C=O) groups excluding carboxylic acids is 1. The van der Waals surface area contributed by atoms with Crippen LogP contribution in [0.25, 0.3) is 23.1 Å². The molecule has 3 rings (SSSR count). The maximum atomic E-state index is 13.5. The van der Waals surface area contributed by atoms with Gasteiger partial charge in [-0.25, -0.2) is 14.2 Å². The molecule has 0 saturated carbocycles. The summed E-state index contributed by atoms with van der Waals surface area (Å²) in [5, 5.41) is 11.4. The van der Waals surface area contributed by atoms with Gasteiger partial charge < -0.3 is 10.4 Å². The fraction of sp³-hybridized carbons (Fsp3) is 0.0500. The highest BCUT2D eigenvalue weighted by Gasteiger charge is 2.38. The quantitative estimate of drug-likeness (QED) is 0.616. The first-order valence-electron chi connectivity index (χ1n) is 8.13. The van der Waals surface area contributed by atoms with E-state index in [0.29, 0.717) is 5.56 Å². The van der Waals surface area contributed by atoms with Crippen molar-refractivity contribution in [3.05, 3.63) is 71.2 Å². The lowest BCUT2D eigenvalue weighted by Gasteiger charge is -2.08. The number of nitrogens with zero attached hydrogens (tertiary/aromatic N) is 1. The lowest BCUT2D eigenvalue weighted by atomic mass is 10.1. The molecule has 0 spiro atoms. The SMILES string of the molecule is O=C(O)c1cc(/C=C/c2cccc(NC(=O)C(F)(F)F)c2)nc2cc(F)ccc12. The number of fused-ring (bicyclic) bond motifs is 1. The highest BCUT2D eigenvalue weighted by molar-refractivity contribution is 6.03. The van der Waals surface area contributed by atoms with Crippen LogP contribution in [-0.2, 0) is 4.79 Å². The molecule has 0 saturated heterocycles. The fourth-order valence-corrected chi connectivity index (χ4v) is 2.59. The Kier molecular flexibility index (Phi) is 5.31. The molecule has 0 bridgehead atoms. The Labute approximate surface area is 161 Å². The molecule has 1 aromatic heterocycles. The molecule has 2 N–H and O–H groups in total. The normalized spacial score (nSPS) is 11.7. The zero-order valence-corrected chi connectivity index (χ0v) is 14.5. The van der Waals surface area contributed by atoms with Crippen LogP contribution in [0, 0.1) is 5.82 Å². The van der Waals surface area contributed by atoms with Gasteiger partial charge in [-0.15, -0.1) is 0 Å². The van der Waals surface area contributed by atoms with Crippen LogP contribution in [-0.4, -0.2) is 28.1 Å². The second kappa shape index (κ2) is 7.70. The summed E-state index contributed by atoms with van der Waals surface area (Å²) in [5.74, 6) is -3.88. The van der Waals surface area contributed by atoms with Crippen LogP contribution in [0.1, 0.15) is 21.6 Å². The molecule has 0 aliphatic heterocycles.